The molecule has 2 aliphatic heterocycles. The molecule has 0 spiro atoms. The van der Waals surface area contributed by atoms with E-state index in [2.05, 4.69) is 0 Å². The van der Waals surface area contributed by atoms with Gasteiger partial charge in [-0.3, -0.25) is 0 Å². The molecule has 2 rings (SSSR count). The second-order valence-electron chi connectivity index (χ2n) is 10.5. The highest BCUT2D eigenvalue weighted by atomic mass is 16.6. The lowest BCUT2D eigenvalue weighted by Crippen LogP contribution is -2.54. The van der Waals surface area contributed by atoms with Crippen LogP contribution in [0.3, 0.4) is 0 Å². The molecule has 238 valence electrons. The van der Waals surface area contributed by atoms with Crippen LogP contribution in [0.5, 0.6) is 0 Å². The summed E-state index contributed by atoms with van der Waals surface area (Å²) < 4.78 is 70.3. The molecule has 2 heterocycles. The molecule has 0 radical (unpaired) electrons. The fourth-order valence-electron chi connectivity index (χ4n) is 3.55. The molecule has 0 saturated carbocycles. The van der Waals surface area contributed by atoms with Gasteiger partial charge in [0, 0.05) is 28.4 Å². The summed E-state index contributed by atoms with van der Waals surface area (Å²) in [6, 6.07) is 0. The minimum Gasteiger partial charge on any atom is -0.379 e. The zero-order valence-corrected chi connectivity index (χ0v) is 25.7. The van der Waals surface area contributed by atoms with Gasteiger partial charge in [-0.15, -0.1) is 0 Å². The molecule has 12 heteroatoms. The zero-order chi connectivity index (χ0) is 29.3. The summed E-state index contributed by atoms with van der Waals surface area (Å²) in [5.74, 6) is 0. The third-order valence-corrected chi connectivity index (χ3v) is 6.78. The highest BCUT2D eigenvalue weighted by molar-refractivity contribution is 4.88. The van der Waals surface area contributed by atoms with Crippen molar-refractivity contribution in [1.82, 2.24) is 0 Å². The number of hydrogen-bond donors (Lipinski definition) is 0. The van der Waals surface area contributed by atoms with Crippen molar-refractivity contribution in [2.45, 2.75) is 88.7 Å². The highest BCUT2D eigenvalue weighted by Crippen LogP contribution is 2.23. The molecule has 2 fully saturated rings. The summed E-state index contributed by atoms with van der Waals surface area (Å²) in [5, 5.41) is 0. The van der Waals surface area contributed by atoms with Crippen LogP contribution in [0.1, 0.15) is 27.7 Å². The number of hydrogen-bond acceptors (Lipinski definition) is 12. The molecule has 0 aromatic rings. The van der Waals surface area contributed by atoms with Crippen molar-refractivity contribution >= 4 is 0 Å². The van der Waals surface area contributed by atoms with Crippen molar-refractivity contribution in [2.75, 3.05) is 94.5 Å². The van der Waals surface area contributed by atoms with Crippen molar-refractivity contribution in [2.24, 2.45) is 0 Å². The van der Waals surface area contributed by atoms with Crippen molar-refractivity contribution in [3.05, 3.63) is 0 Å². The Morgan fingerprint density at radius 3 is 1.38 bits per heavy atom. The second-order valence-corrected chi connectivity index (χ2v) is 10.5. The monoisotopic (exact) mass is 582 g/mol. The first-order valence-electron chi connectivity index (χ1n) is 14.3. The lowest BCUT2D eigenvalue weighted by molar-refractivity contribution is -0.212. The highest BCUT2D eigenvalue weighted by Gasteiger charge is 2.40. The Morgan fingerprint density at radius 1 is 0.500 bits per heavy atom. The van der Waals surface area contributed by atoms with Crippen LogP contribution in [0.15, 0.2) is 0 Å². The number of rotatable bonds is 27. The molecule has 0 N–H and O–H groups in total. The lowest BCUT2D eigenvalue weighted by Gasteiger charge is -2.38. The van der Waals surface area contributed by atoms with Gasteiger partial charge in [0.1, 0.15) is 36.6 Å². The van der Waals surface area contributed by atoms with Crippen molar-refractivity contribution in [3.8, 4) is 0 Å². The summed E-state index contributed by atoms with van der Waals surface area (Å²) in [6.07, 6.45) is -2.53. The van der Waals surface area contributed by atoms with Crippen LogP contribution in [-0.2, 0) is 56.8 Å². The minimum atomic E-state index is -0.602. The van der Waals surface area contributed by atoms with Gasteiger partial charge in [-0.25, -0.2) is 0 Å². The summed E-state index contributed by atoms with van der Waals surface area (Å²) >= 11 is 0. The van der Waals surface area contributed by atoms with Gasteiger partial charge in [-0.05, 0) is 27.7 Å². The van der Waals surface area contributed by atoms with E-state index in [4.69, 9.17) is 56.8 Å². The van der Waals surface area contributed by atoms with Gasteiger partial charge in [0.05, 0.1) is 90.5 Å². The molecule has 0 aromatic carbocycles. The fraction of sp³-hybridized carbons (Fsp3) is 1.00. The Balaban J connectivity index is 2.32. The standard InChI is InChI=1S/C28H54O12/c1-19(29-5)9-33-17-25(37-10-20(2)30-6)27(39-11-21(3)31-7)28(40-12-22(4)32-8)26(38-16-24-15-36-24)18-34-13-23-14-35-23/h19-28H,9-18H2,1-8H3. The van der Waals surface area contributed by atoms with Gasteiger partial charge in [0.25, 0.3) is 0 Å². The fourth-order valence-corrected chi connectivity index (χ4v) is 3.55. The van der Waals surface area contributed by atoms with E-state index in [1.807, 2.05) is 27.7 Å². The number of epoxide rings is 2. The van der Waals surface area contributed by atoms with Crippen LogP contribution in [0.2, 0.25) is 0 Å². The maximum absolute atomic E-state index is 6.52. The Hall–Kier alpha value is -0.480. The first kappa shape index (κ1) is 35.7. The van der Waals surface area contributed by atoms with Gasteiger partial charge in [-0.2, -0.15) is 0 Å². The van der Waals surface area contributed by atoms with E-state index in [9.17, 15) is 0 Å². The van der Waals surface area contributed by atoms with E-state index in [0.29, 0.717) is 52.9 Å². The Bertz CT molecular complexity index is 620. The van der Waals surface area contributed by atoms with Gasteiger partial charge >= 0.3 is 0 Å². The van der Waals surface area contributed by atoms with E-state index in [0.717, 1.165) is 0 Å². The van der Waals surface area contributed by atoms with E-state index in [-0.39, 0.29) is 49.8 Å². The first-order chi connectivity index (χ1) is 19.3. The van der Waals surface area contributed by atoms with Crippen LogP contribution in [-0.4, -0.2) is 156 Å². The largest absolute Gasteiger partial charge is 0.379 e. The molecule has 0 aliphatic carbocycles. The summed E-state index contributed by atoms with van der Waals surface area (Å²) in [5.41, 5.74) is 0. The Labute approximate surface area is 240 Å². The molecular weight excluding hydrogens is 528 g/mol. The first-order valence-corrected chi connectivity index (χ1v) is 14.3. The zero-order valence-electron chi connectivity index (χ0n) is 25.7. The smallest absolute Gasteiger partial charge is 0.115 e. The molecule has 12 nitrogen and oxygen atoms in total. The molecule has 10 atom stereocenters. The third-order valence-electron chi connectivity index (χ3n) is 6.78. The average molecular weight is 583 g/mol. The molecule has 0 aromatic heterocycles. The molecule has 10 unspecified atom stereocenters. The third kappa shape index (κ3) is 15.1. The molecule has 0 bridgehead atoms. The Kier molecular flexibility index (Phi) is 18.2. The van der Waals surface area contributed by atoms with Gasteiger partial charge in [0.2, 0.25) is 0 Å². The predicted octanol–water partition coefficient (Wildman–Crippen LogP) is 1.50. The summed E-state index contributed by atoms with van der Waals surface area (Å²) in [6.45, 7) is 11.9. The normalized spacial score (nSPS) is 24.6. The molecule has 40 heavy (non-hydrogen) atoms. The summed E-state index contributed by atoms with van der Waals surface area (Å²) in [7, 11) is 6.60. The van der Waals surface area contributed by atoms with E-state index in [1.54, 1.807) is 28.4 Å². The number of ether oxygens (including phenoxy) is 12. The van der Waals surface area contributed by atoms with Crippen LogP contribution >= 0.6 is 0 Å². The van der Waals surface area contributed by atoms with Crippen molar-refractivity contribution < 1.29 is 56.8 Å². The van der Waals surface area contributed by atoms with Gasteiger partial charge in [0.15, 0.2) is 0 Å². The van der Waals surface area contributed by atoms with Crippen molar-refractivity contribution in [1.29, 1.82) is 0 Å². The molecule has 2 aliphatic rings. The quantitative estimate of drug-likeness (QED) is 0.131. The van der Waals surface area contributed by atoms with Gasteiger partial charge in [-0.1, -0.05) is 0 Å². The van der Waals surface area contributed by atoms with Crippen LogP contribution in [0.25, 0.3) is 0 Å². The van der Waals surface area contributed by atoms with E-state index in [1.165, 1.54) is 0 Å². The minimum absolute atomic E-state index is 0.0640. The van der Waals surface area contributed by atoms with Crippen molar-refractivity contribution in [3.63, 3.8) is 0 Å². The molecule has 2 saturated heterocycles. The maximum Gasteiger partial charge on any atom is 0.115 e. The SMILES string of the molecule is COC(C)COCC(OCC(C)OC)C(OCC(C)OC)C(OCC(C)OC)C(COCC1CO1)OCC1CO1. The summed E-state index contributed by atoms with van der Waals surface area (Å²) in [4.78, 5) is 0. The van der Waals surface area contributed by atoms with Crippen LogP contribution in [0.4, 0.5) is 0 Å². The molecule has 0 amide bonds. The molecular formula is C28H54O12. The lowest BCUT2D eigenvalue weighted by atomic mass is 10.0. The Morgan fingerprint density at radius 2 is 0.900 bits per heavy atom. The second kappa shape index (κ2) is 20.4. The van der Waals surface area contributed by atoms with E-state index < -0.39 is 24.4 Å². The average Bonchev–Trinajstić information content (AvgIpc) is 3.90. The predicted molar refractivity (Wildman–Crippen MR) is 146 cm³/mol. The topological polar surface area (TPSA) is 117 Å². The van der Waals surface area contributed by atoms with Crippen LogP contribution in [0, 0.1) is 0 Å². The maximum atomic E-state index is 6.52. The van der Waals surface area contributed by atoms with E-state index >= 15 is 0 Å². The number of methoxy groups -OCH3 is 4. The van der Waals surface area contributed by atoms with Crippen LogP contribution < -0.4 is 0 Å². The van der Waals surface area contributed by atoms with Gasteiger partial charge < -0.3 is 56.8 Å².